The summed E-state index contributed by atoms with van der Waals surface area (Å²) in [5.74, 6) is 0.417. The van der Waals surface area contributed by atoms with Crippen molar-refractivity contribution in [2.45, 2.75) is 26.8 Å². The lowest BCUT2D eigenvalue weighted by molar-refractivity contribution is -0.118. The number of para-hydroxylation sites is 1. The van der Waals surface area contributed by atoms with Crippen LogP contribution >= 0.6 is 0 Å². The molecule has 0 bridgehead atoms. The summed E-state index contributed by atoms with van der Waals surface area (Å²) >= 11 is 0. The number of rotatable bonds is 8. The first-order valence-corrected chi connectivity index (χ1v) is 10.0. The Morgan fingerprint density at radius 1 is 1.06 bits per heavy atom. The minimum absolute atomic E-state index is 0.0872. The number of carbonyl (C=O) groups excluding carboxylic acids is 2. The fourth-order valence-corrected chi connectivity index (χ4v) is 2.93. The standard InChI is InChI=1S/C25H26N2O4/c1-17-8-6-10-20(14-17)24(28)27-22(15-21-11-7-13-30-21)25(29)26-19(3)16-31-23-12-5-4-9-18(23)2/h4-15,19H,16H2,1-3H3,(H,26,29)(H,27,28)/b22-15-. The number of benzene rings is 2. The smallest absolute Gasteiger partial charge is 0.268 e. The summed E-state index contributed by atoms with van der Waals surface area (Å²) in [6, 6.07) is 18.0. The molecule has 2 aromatic carbocycles. The Kier molecular flexibility index (Phi) is 7.27. The summed E-state index contributed by atoms with van der Waals surface area (Å²) in [7, 11) is 0. The van der Waals surface area contributed by atoms with E-state index in [9.17, 15) is 9.59 Å². The third-order valence-corrected chi connectivity index (χ3v) is 4.56. The zero-order chi connectivity index (χ0) is 22.2. The number of furan rings is 1. The first-order chi connectivity index (χ1) is 14.9. The van der Waals surface area contributed by atoms with Crippen molar-refractivity contribution in [1.82, 2.24) is 10.6 Å². The highest BCUT2D eigenvalue weighted by molar-refractivity contribution is 6.05. The van der Waals surface area contributed by atoms with Crippen LogP contribution < -0.4 is 15.4 Å². The summed E-state index contributed by atoms with van der Waals surface area (Å²) in [6.07, 6.45) is 3.00. The normalized spacial score (nSPS) is 12.2. The van der Waals surface area contributed by atoms with Gasteiger partial charge < -0.3 is 19.8 Å². The van der Waals surface area contributed by atoms with E-state index in [0.29, 0.717) is 11.3 Å². The monoisotopic (exact) mass is 418 g/mol. The van der Waals surface area contributed by atoms with Crippen LogP contribution in [0.1, 0.15) is 34.2 Å². The fraction of sp³-hybridized carbons (Fsp3) is 0.200. The molecule has 0 fully saturated rings. The summed E-state index contributed by atoms with van der Waals surface area (Å²) in [4.78, 5) is 25.6. The van der Waals surface area contributed by atoms with Gasteiger partial charge in [0, 0.05) is 11.6 Å². The molecule has 0 aliphatic rings. The molecule has 6 nitrogen and oxygen atoms in total. The zero-order valence-corrected chi connectivity index (χ0v) is 17.8. The maximum absolute atomic E-state index is 12.9. The van der Waals surface area contributed by atoms with E-state index in [1.54, 1.807) is 30.3 Å². The van der Waals surface area contributed by atoms with Gasteiger partial charge in [-0.15, -0.1) is 0 Å². The van der Waals surface area contributed by atoms with Crippen LogP contribution in [-0.4, -0.2) is 24.5 Å². The van der Waals surface area contributed by atoms with Gasteiger partial charge in [-0.2, -0.15) is 0 Å². The van der Waals surface area contributed by atoms with Gasteiger partial charge in [0.15, 0.2) is 0 Å². The predicted molar refractivity (Wildman–Crippen MR) is 120 cm³/mol. The predicted octanol–water partition coefficient (Wildman–Crippen LogP) is 4.25. The van der Waals surface area contributed by atoms with Gasteiger partial charge in [-0.1, -0.05) is 35.9 Å². The van der Waals surface area contributed by atoms with Gasteiger partial charge in [0.25, 0.3) is 11.8 Å². The van der Waals surface area contributed by atoms with E-state index in [-0.39, 0.29) is 24.3 Å². The van der Waals surface area contributed by atoms with Gasteiger partial charge in [0.2, 0.25) is 0 Å². The molecule has 1 heterocycles. The lowest BCUT2D eigenvalue weighted by Crippen LogP contribution is -2.41. The largest absolute Gasteiger partial charge is 0.491 e. The van der Waals surface area contributed by atoms with E-state index < -0.39 is 5.91 Å². The Hall–Kier alpha value is -3.80. The van der Waals surface area contributed by atoms with Crippen LogP contribution in [0.15, 0.2) is 77.0 Å². The molecular formula is C25H26N2O4. The Morgan fingerprint density at radius 2 is 1.87 bits per heavy atom. The van der Waals surface area contributed by atoms with Gasteiger partial charge in [-0.25, -0.2) is 0 Å². The van der Waals surface area contributed by atoms with Crippen molar-refractivity contribution in [2.24, 2.45) is 0 Å². The number of hydrogen-bond donors (Lipinski definition) is 2. The second-order valence-corrected chi connectivity index (χ2v) is 7.35. The Morgan fingerprint density at radius 3 is 2.58 bits per heavy atom. The SMILES string of the molecule is Cc1cccc(C(=O)N/C(=C\c2ccco2)C(=O)NC(C)COc2ccccc2C)c1. The highest BCUT2D eigenvalue weighted by Crippen LogP contribution is 2.16. The van der Waals surface area contributed by atoms with E-state index in [2.05, 4.69) is 10.6 Å². The Bertz CT molecular complexity index is 1070. The van der Waals surface area contributed by atoms with Crippen molar-refractivity contribution < 1.29 is 18.7 Å². The number of nitrogens with one attached hydrogen (secondary N) is 2. The average Bonchev–Trinajstić information content (AvgIpc) is 3.26. The number of amides is 2. The van der Waals surface area contributed by atoms with Crippen LogP contribution in [0.5, 0.6) is 5.75 Å². The number of carbonyl (C=O) groups is 2. The van der Waals surface area contributed by atoms with Gasteiger partial charge in [-0.05, 0) is 56.7 Å². The van der Waals surface area contributed by atoms with Crippen LogP contribution in [0.25, 0.3) is 6.08 Å². The van der Waals surface area contributed by atoms with Crippen LogP contribution in [-0.2, 0) is 4.79 Å². The zero-order valence-electron chi connectivity index (χ0n) is 17.8. The van der Waals surface area contributed by atoms with E-state index in [0.717, 1.165) is 16.9 Å². The van der Waals surface area contributed by atoms with Crippen molar-refractivity contribution in [3.63, 3.8) is 0 Å². The molecule has 2 N–H and O–H groups in total. The number of ether oxygens (including phenoxy) is 1. The first kappa shape index (κ1) is 21.9. The lowest BCUT2D eigenvalue weighted by atomic mass is 10.1. The van der Waals surface area contributed by atoms with Gasteiger partial charge in [-0.3, -0.25) is 9.59 Å². The van der Waals surface area contributed by atoms with Crippen LogP contribution in [0.4, 0.5) is 0 Å². The fourth-order valence-electron chi connectivity index (χ4n) is 2.93. The molecule has 1 unspecified atom stereocenters. The quantitative estimate of drug-likeness (QED) is 0.536. The lowest BCUT2D eigenvalue weighted by Gasteiger charge is -2.17. The van der Waals surface area contributed by atoms with Crippen LogP contribution in [0, 0.1) is 13.8 Å². The molecule has 0 aliphatic heterocycles. The Balaban J connectivity index is 1.69. The van der Waals surface area contributed by atoms with Gasteiger partial charge in [0.05, 0.1) is 12.3 Å². The molecule has 2 amide bonds. The van der Waals surface area contributed by atoms with Crippen molar-refractivity contribution in [3.8, 4) is 5.75 Å². The molecule has 3 aromatic rings. The third-order valence-electron chi connectivity index (χ3n) is 4.56. The van der Waals surface area contributed by atoms with Crippen molar-refractivity contribution in [2.75, 3.05) is 6.61 Å². The molecule has 1 aromatic heterocycles. The van der Waals surface area contributed by atoms with E-state index in [1.165, 1.54) is 12.3 Å². The topological polar surface area (TPSA) is 80.6 Å². The second-order valence-electron chi connectivity index (χ2n) is 7.35. The van der Waals surface area contributed by atoms with Crippen LogP contribution in [0.3, 0.4) is 0 Å². The maximum Gasteiger partial charge on any atom is 0.268 e. The van der Waals surface area contributed by atoms with E-state index in [4.69, 9.17) is 9.15 Å². The van der Waals surface area contributed by atoms with Crippen molar-refractivity contribution in [3.05, 3.63) is 95.1 Å². The van der Waals surface area contributed by atoms with Crippen molar-refractivity contribution in [1.29, 1.82) is 0 Å². The highest BCUT2D eigenvalue weighted by Gasteiger charge is 2.18. The molecule has 160 valence electrons. The second kappa shape index (κ2) is 10.3. The molecule has 0 saturated heterocycles. The molecule has 1 atom stereocenters. The first-order valence-electron chi connectivity index (χ1n) is 10.0. The van der Waals surface area contributed by atoms with Crippen molar-refractivity contribution >= 4 is 17.9 Å². The maximum atomic E-state index is 12.9. The Labute approximate surface area is 181 Å². The molecule has 31 heavy (non-hydrogen) atoms. The number of hydrogen-bond acceptors (Lipinski definition) is 4. The van der Waals surface area contributed by atoms with Crippen LogP contribution in [0.2, 0.25) is 0 Å². The molecule has 0 aliphatic carbocycles. The minimum Gasteiger partial charge on any atom is -0.491 e. The molecule has 0 spiro atoms. The highest BCUT2D eigenvalue weighted by atomic mass is 16.5. The van der Waals surface area contributed by atoms with E-state index in [1.807, 2.05) is 51.1 Å². The molecule has 0 saturated carbocycles. The molecule has 3 rings (SSSR count). The summed E-state index contributed by atoms with van der Waals surface area (Å²) in [6.45, 7) is 5.99. The summed E-state index contributed by atoms with van der Waals surface area (Å²) in [5, 5.41) is 5.56. The van der Waals surface area contributed by atoms with E-state index >= 15 is 0 Å². The van der Waals surface area contributed by atoms with Gasteiger partial charge >= 0.3 is 0 Å². The average molecular weight is 418 g/mol. The number of aryl methyl sites for hydroxylation is 2. The summed E-state index contributed by atoms with van der Waals surface area (Å²) in [5.41, 5.74) is 2.53. The minimum atomic E-state index is -0.432. The molecular weight excluding hydrogens is 392 g/mol. The van der Waals surface area contributed by atoms with Gasteiger partial charge in [0.1, 0.15) is 23.8 Å². The molecule has 0 radical (unpaired) electrons. The summed E-state index contributed by atoms with van der Waals surface area (Å²) < 4.78 is 11.1. The molecule has 6 heteroatoms. The third kappa shape index (κ3) is 6.34.